The van der Waals surface area contributed by atoms with E-state index in [1.165, 1.54) is 13.0 Å². The number of benzene rings is 1. The molecular formula is C13H12BrNO3. The predicted octanol–water partition coefficient (Wildman–Crippen LogP) is 2.76. The minimum absolute atomic E-state index is 0.132. The van der Waals surface area contributed by atoms with E-state index >= 15 is 0 Å². The van der Waals surface area contributed by atoms with Gasteiger partial charge < -0.3 is 4.74 Å². The summed E-state index contributed by atoms with van der Waals surface area (Å²) in [5.74, 6) is -0.688. The van der Waals surface area contributed by atoms with Crippen LogP contribution in [0.1, 0.15) is 40.2 Å². The molecule has 0 N–H and O–H groups in total. The van der Waals surface area contributed by atoms with Crippen LogP contribution < -0.4 is 0 Å². The lowest BCUT2D eigenvalue weighted by molar-refractivity contribution is -0.116. The molecule has 0 aliphatic carbocycles. The van der Waals surface area contributed by atoms with Crippen LogP contribution in [0.3, 0.4) is 0 Å². The van der Waals surface area contributed by atoms with Crippen molar-refractivity contribution in [1.29, 1.82) is 5.26 Å². The van der Waals surface area contributed by atoms with Gasteiger partial charge in [-0.15, -0.1) is 0 Å². The van der Waals surface area contributed by atoms with Crippen LogP contribution in [0.25, 0.3) is 0 Å². The molecule has 0 aliphatic rings. The number of carbonyl (C=O) groups is 2. The highest BCUT2D eigenvalue weighted by Gasteiger charge is 2.22. The molecule has 1 rings (SSSR count). The average molecular weight is 310 g/mol. The van der Waals surface area contributed by atoms with Crippen molar-refractivity contribution in [3.05, 3.63) is 34.9 Å². The first-order chi connectivity index (χ1) is 8.52. The number of rotatable bonds is 4. The SMILES string of the molecule is CCOC(=O)c1cccc(C(Br)C(C)=O)c1C#N. The largest absolute Gasteiger partial charge is 0.462 e. The highest BCUT2D eigenvalue weighted by molar-refractivity contribution is 9.09. The second-order valence-corrected chi connectivity index (χ2v) is 4.49. The molecule has 0 saturated carbocycles. The predicted molar refractivity (Wildman–Crippen MR) is 69.5 cm³/mol. The summed E-state index contributed by atoms with van der Waals surface area (Å²) < 4.78 is 4.88. The summed E-state index contributed by atoms with van der Waals surface area (Å²) in [4.78, 5) is 22.4. The lowest BCUT2D eigenvalue weighted by Crippen LogP contribution is -2.11. The molecule has 0 spiro atoms. The minimum atomic E-state index is -0.596. The monoisotopic (exact) mass is 309 g/mol. The standard InChI is InChI=1S/C13H12BrNO3/c1-3-18-13(17)10-6-4-5-9(11(10)7-15)12(14)8(2)16/h4-6,12H,3H2,1-2H3. The summed E-state index contributed by atoms with van der Waals surface area (Å²) in [7, 11) is 0. The summed E-state index contributed by atoms with van der Waals surface area (Å²) >= 11 is 3.21. The van der Waals surface area contributed by atoms with E-state index in [-0.39, 0.29) is 23.5 Å². The molecule has 0 radical (unpaired) electrons. The zero-order chi connectivity index (χ0) is 13.7. The number of esters is 1. The van der Waals surface area contributed by atoms with Crippen LogP contribution in [-0.4, -0.2) is 18.4 Å². The number of halogens is 1. The molecule has 0 aromatic heterocycles. The first-order valence-electron chi connectivity index (χ1n) is 5.37. The van der Waals surface area contributed by atoms with Gasteiger partial charge in [0.2, 0.25) is 0 Å². The summed E-state index contributed by atoms with van der Waals surface area (Å²) in [6, 6.07) is 6.74. The summed E-state index contributed by atoms with van der Waals surface area (Å²) in [5.41, 5.74) is 0.839. The van der Waals surface area contributed by atoms with E-state index in [1.54, 1.807) is 19.1 Å². The van der Waals surface area contributed by atoms with E-state index in [9.17, 15) is 9.59 Å². The molecule has 0 aliphatic heterocycles. The normalized spacial score (nSPS) is 11.4. The number of nitrogens with zero attached hydrogens (tertiary/aromatic N) is 1. The molecule has 0 fully saturated rings. The molecule has 0 amide bonds. The Hall–Kier alpha value is -1.67. The van der Waals surface area contributed by atoms with E-state index in [2.05, 4.69) is 15.9 Å². The van der Waals surface area contributed by atoms with Crippen LogP contribution in [0.4, 0.5) is 0 Å². The molecule has 0 saturated heterocycles. The van der Waals surface area contributed by atoms with Gasteiger partial charge in [0, 0.05) is 0 Å². The molecule has 1 atom stereocenters. The first kappa shape index (κ1) is 14.4. The smallest absolute Gasteiger partial charge is 0.339 e. The Morgan fingerprint density at radius 1 is 1.50 bits per heavy atom. The van der Waals surface area contributed by atoms with Gasteiger partial charge in [-0.3, -0.25) is 4.79 Å². The van der Waals surface area contributed by atoms with Crippen LogP contribution in [0.2, 0.25) is 0 Å². The van der Waals surface area contributed by atoms with Crippen molar-refractivity contribution >= 4 is 27.7 Å². The Bertz CT molecular complexity index is 519. The molecule has 1 unspecified atom stereocenters. The zero-order valence-corrected chi connectivity index (χ0v) is 11.7. The van der Waals surface area contributed by atoms with E-state index in [0.717, 1.165) is 0 Å². The van der Waals surface area contributed by atoms with Crippen molar-refractivity contribution in [2.75, 3.05) is 6.61 Å². The quantitative estimate of drug-likeness (QED) is 0.633. The van der Waals surface area contributed by atoms with Crippen molar-refractivity contribution in [3.63, 3.8) is 0 Å². The number of hydrogen-bond donors (Lipinski definition) is 0. The van der Waals surface area contributed by atoms with Gasteiger partial charge in [0.05, 0.1) is 22.6 Å². The Balaban J connectivity index is 3.32. The minimum Gasteiger partial charge on any atom is -0.462 e. The Morgan fingerprint density at radius 2 is 2.17 bits per heavy atom. The van der Waals surface area contributed by atoms with Crippen LogP contribution in [0.15, 0.2) is 18.2 Å². The number of nitriles is 1. The fourth-order valence-electron chi connectivity index (χ4n) is 1.50. The molecule has 1 aromatic rings. The Labute approximate surface area is 114 Å². The van der Waals surface area contributed by atoms with Crippen molar-refractivity contribution in [3.8, 4) is 6.07 Å². The highest BCUT2D eigenvalue weighted by atomic mass is 79.9. The molecule has 18 heavy (non-hydrogen) atoms. The van der Waals surface area contributed by atoms with Gasteiger partial charge in [-0.2, -0.15) is 5.26 Å². The number of hydrogen-bond acceptors (Lipinski definition) is 4. The molecule has 4 nitrogen and oxygen atoms in total. The second kappa shape index (κ2) is 6.31. The van der Waals surface area contributed by atoms with E-state index in [0.29, 0.717) is 5.56 Å². The van der Waals surface area contributed by atoms with Crippen molar-refractivity contribution < 1.29 is 14.3 Å². The van der Waals surface area contributed by atoms with E-state index < -0.39 is 10.8 Å². The zero-order valence-electron chi connectivity index (χ0n) is 10.1. The summed E-state index contributed by atoms with van der Waals surface area (Å²) in [6.07, 6.45) is 0. The number of ether oxygens (including phenoxy) is 1. The van der Waals surface area contributed by atoms with Crippen molar-refractivity contribution in [1.82, 2.24) is 0 Å². The third-order valence-corrected chi connectivity index (χ3v) is 3.47. The van der Waals surface area contributed by atoms with E-state index in [4.69, 9.17) is 10.00 Å². The van der Waals surface area contributed by atoms with Crippen molar-refractivity contribution in [2.45, 2.75) is 18.7 Å². The van der Waals surface area contributed by atoms with Gasteiger partial charge in [0.15, 0.2) is 0 Å². The Kier molecular flexibility index (Phi) is 5.05. The molecule has 1 aromatic carbocycles. The van der Waals surface area contributed by atoms with Gasteiger partial charge in [-0.25, -0.2) is 4.79 Å². The van der Waals surface area contributed by atoms with Crippen LogP contribution >= 0.6 is 15.9 Å². The molecule has 0 bridgehead atoms. The van der Waals surface area contributed by atoms with Gasteiger partial charge in [0.1, 0.15) is 11.9 Å². The molecule has 94 valence electrons. The molecule has 5 heteroatoms. The van der Waals surface area contributed by atoms with Crippen molar-refractivity contribution in [2.24, 2.45) is 0 Å². The van der Waals surface area contributed by atoms with Gasteiger partial charge in [0.25, 0.3) is 0 Å². The van der Waals surface area contributed by atoms with E-state index in [1.807, 2.05) is 6.07 Å². The maximum absolute atomic E-state index is 11.7. The molecule has 0 heterocycles. The van der Waals surface area contributed by atoms with Gasteiger partial charge >= 0.3 is 5.97 Å². The van der Waals surface area contributed by atoms with Crippen LogP contribution in [0, 0.1) is 11.3 Å². The fourth-order valence-corrected chi connectivity index (χ4v) is 1.89. The first-order valence-corrected chi connectivity index (χ1v) is 6.29. The summed E-state index contributed by atoms with van der Waals surface area (Å²) in [6.45, 7) is 3.34. The van der Waals surface area contributed by atoms with Crippen LogP contribution in [-0.2, 0) is 9.53 Å². The third-order valence-electron chi connectivity index (χ3n) is 2.33. The number of alkyl halides is 1. The maximum atomic E-state index is 11.7. The average Bonchev–Trinajstić information content (AvgIpc) is 2.36. The second-order valence-electron chi connectivity index (χ2n) is 3.58. The topological polar surface area (TPSA) is 67.2 Å². The fraction of sp³-hybridized carbons (Fsp3) is 0.308. The van der Waals surface area contributed by atoms with Gasteiger partial charge in [-0.05, 0) is 25.5 Å². The lowest BCUT2D eigenvalue weighted by atomic mass is 9.98. The molecular weight excluding hydrogens is 298 g/mol. The lowest BCUT2D eigenvalue weighted by Gasteiger charge is -2.11. The summed E-state index contributed by atoms with van der Waals surface area (Å²) in [5, 5.41) is 9.16. The highest BCUT2D eigenvalue weighted by Crippen LogP contribution is 2.28. The maximum Gasteiger partial charge on any atom is 0.339 e. The Morgan fingerprint density at radius 3 is 2.67 bits per heavy atom. The number of carbonyl (C=O) groups excluding carboxylic acids is 2. The number of ketones is 1. The number of Topliss-reactive ketones (excluding diaryl/α,β-unsaturated/α-hetero) is 1. The van der Waals surface area contributed by atoms with Crippen LogP contribution in [0.5, 0.6) is 0 Å². The third kappa shape index (κ3) is 2.96. The van der Waals surface area contributed by atoms with Gasteiger partial charge in [-0.1, -0.05) is 28.1 Å².